The molecule has 0 radical (unpaired) electrons. The molecule has 2 N–H and O–H groups in total. The van der Waals surface area contributed by atoms with Crippen molar-refractivity contribution in [3.8, 4) is 0 Å². The SMILES string of the molecule is CC1Cc2cc(F)ccc2C(O)CN1. The molecule has 0 amide bonds. The third kappa shape index (κ3) is 1.79. The van der Waals surface area contributed by atoms with Crippen molar-refractivity contribution in [2.45, 2.75) is 25.5 Å². The molecule has 3 heteroatoms. The van der Waals surface area contributed by atoms with Gasteiger partial charge in [-0.3, -0.25) is 0 Å². The second-order valence-corrected chi connectivity index (χ2v) is 3.87. The number of hydrogen-bond acceptors (Lipinski definition) is 2. The van der Waals surface area contributed by atoms with Crippen molar-refractivity contribution in [2.24, 2.45) is 0 Å². The van der Waals surface area contributed by atoms with Crippen LogP contribution >= 0.6 is 0 Å². The summed E-state index contributed by atoms with van der Waals surface area (Å²) >= 11 is 0. The Morgan fingerprint density at radius 3 is 3.07 bits per heavy atom. The smallest absolute Gasteiger partial charge is 0.123 e. The lowest BCUT2D eigenvalue weighted by Gasteiger charge is -2.10. The van der Waals surface area contributed by atoms with E-state index in [4.69, 9.17) is 0 Å². The Bertz CT molecular complexity index is 340. The zero-order valence-corrected chi connectivity index (χ0v) is 8.13. The zero-order chi connectivity index (χ0) is 10.1. The summed E-state index contributed by atoms with van der Waals surface area (Å²) in [6.45, 7) is 2.58. The summed E-state index contributed by atoms with van der Waals surface area (Å²) in [6.07, 6.45) is 0.250. The van der Waals surface area contributed by atoms with Crippen LogP contribution in [0.15, 0.2) is 18.2 Å². The van der Waals surface area contributed by atoms with Crippen LogP contribution in [-0.4, -0.2) is 17.7 Å². The van der Waals surface area contributed by atoms with Crippen molar-refractivity contribution in [3.05, 3.63) is 35.1 Å². The van der Waals surface area contributed by atoms with E-state index in [1.807, 2.05) is 6.92 Å². The predicted molar refractivity (Wildman–Crippen MR) is 52.5 cm³/mol. The molecule has 2 nitrogen and oxygen atoms in total. The van der Waals surface area contributed by atoms with Crippen molar-refractivity contribution in [3.63, 3.8) is 0 Å². The van der Waals surface area contributed by atoms with Gasteiger partial charge < -0.3 is 10.4 Å². The van der Waals surface area contributed by atoms with Crippen molar-refractivity contribution in [1.29, 1.82) is 0 Å². The molecule has 0 fully saturated rings. The van der Waals surface area contributed by atoms with Gasteiger partial charge in [0.25, 0.3) is 0 Å². The molecule has 76 valence electrons. The number of hydrogen-bond donors (Lipinski definition) is 2. The number of halogens is 1. The average molecular weight is 195 g/mol. The van der Waals surface area contributed by atoms with E-state index in [2.05, 4.69) is 5.32 Å². The van der Waals surface area contributed by atoms with Crippen LogP contribution in [0.1, 0.15) is 24.2 Å². The van der Waals surface area contributed by atoms with Gasteiger partial charge in [0.1, 0.15) is 5.82 Å². The quantitative estimate of drug-likeness (QED) is 0.655. The zero-order valence-electron chi connectivity index (χ0n) is 8.13. The lowest BCUT2D eigenvalue weighted by Crippen LogP contribution is -2.28. The molecule has 14 heavy (non-hydrogen) atoms. The van der Waals surface area contributed by atoms with Crippen molar-refractivity contribution in [2.75, 3.05) is 6.54 Å². The molecule has 0 aliphatic carbocycles. The van der Waals surface area contributed by atoms with Gasteiger partial charge in [-0.2, -0.15) is 0 Å². The first-order valence-corrected chi connectivity index (χ1v) is 4.86. The average Bonchev–Trinajstić information content (AvgIpc) is 2.26. The van der Waals surface area contributed by atoms with Crippen molar-refractivity contribution < 1.29 is 9.50 Å². The Balaban J connectivity index is 2.41. The molecule has 0 bridgehead atoms. The van der Waals surface area contributed by atoms with Crippen LogP contribution < -0.4 is 5.32 Å². The minimum atomic E-state index is -0.518. The van der Waals surface area contributed by atoms with Crippen molar-refractivity contribution >= 4 is 0 Å². The highest BCUT2D eigenvalue weighted by Crippen LogP contribution is 2.22. The maximum absolute atomic E-state index is 13.0. The highest BCUT2D eigenvalue weighted by atomic mass is 19.1. The highest BCUT2D eigenvalue weighted by molar-refractivity contribution is 5.31. The highest BCUT2D eigenvalue weighted by Gasteiger charge is 2.19. The summed E-state index contributed by atoms with van der Waals surface area (Å²) < 4.78 is 13.0. The Kier molecular flexibility index (Phi) is 2.52. The standard InChI is InChI=1S/C11H14FNO/c1-7-4-8-5-9(12)2-3-10(8)11(14)6-13-7/h2-3,5,7,11,13-14H,4,6H2,1H3. The van der Waals surface area contributed by atoms with Crippen LogP contribution in [0.4, 0.5) is 4.39 Å². The molecule has 0 aromatic heterocycles. The molecule has 0 saturated carbocycles. The van der Waals surface area contributed by atoms with Crippen LogP contribution in [0, 0.1) is 5.82 Å². The lowest BCUT2D eigenvalue weighted by atomic mass is 9.99. The van der Waals surface area contributed by atoms with Gasteiger partial charge in [0.2, 0.25) is 0 Å². The van der Waals surface area contributed by atoms with Crippen LogP contribution in [0.25, 0.3) is 0 Å². The molecule has 0 saturated heterocycles. The van der Waals surface area contributed by atoms with E-state index in [1.165, 1.54) is 12.1 Å². The fourth-order valence-electron chi connectivity index (χ4n) is 1.90. The first-order valence-electron chi connectivity index (χ1n) is 4.86. The molecular weight excluding hydrogens is 181 g/mol. The van der Waals surface area contributed by atoms with Gasteiger partial charge >= 0.3 is 0 Å². The first-order chi connectivity index (χ1) is 6.66. The normalized spacial score (nSPS) is 26.8. The summed E-state index contributed by atoms with van der Waals surface area (Å²) in [7, 11) is 0. The van der Waals surface area contributed by atoms with Crippen LogP contribution in [0.5, 0.6) is 0 Å². The van der Waals surface area contributed by atoms with Crippen LogP contribution in [0.3, 0.4) is 0 Å². The summed E-state index contributed by atoms with van der Waals surface area (Å²) in [5.74, 6) is -0.231. The first kappa shape index (κ1) is 9.62. The predicted octanol–water partition coefficient (Wildman–Crippen LogP) is 1.39. The molecule has 1 aliphatic heterocycles. The second kappa shape index (κ2) is 3.67. The molecule has 0 spiro atoms. The molecular formula is C11H14FNO. The molecule has 2 atom stereocenters. The number of fused-ring (bicyclic) bond motifs is 1. The molecule has 1 aromatic rings. The van der Waals surface area contributed by atoms with E-state index in [0.29, 0.717) is 6.54 Å². The topological polar surface area (TPSA) is 32.3 Å². The Morgan fingerprint density at radius 1 is 1.50 bits per heavy atom. The van der Waals surface area contributed by atoms with Gasteiger partial charge in [0, 0.05) is 12.6 Å². The van der Waals surface area contributed by atoms with E-state index in [-0.39, 0.29) is 11.9 Å². The van der Waals surface area contributed by atoms with E-state index >= 15 is 0 Å². The maximum Gasteiger partial charge on any atom is 0.123 e. The fraction of sp³-hybridized carbons (Fsp3) is 0.455. The minimum Gasteiger partial charge on any atom is -0.387 e. The van der Waals surface area contributed by atoms with E-state index in [0.717, 1.165) is 17.5 Å². The molecule has 1 aromatic carbocycles. The molecule has 2 unspecified atom stereocenters. The summed E-state index contributed by atoms with van der Waals surface area (Å²) in [5.41, 5.74) is 1.76. The van der Waals surface area contributed by atoms with Crippen LogP contribution in [-0.2, 0) is 6.42 Å². The number of nitrogens with one attached hydrogen (secondary N) is 1. The third-order valence-electron chi connectivity index (χ3n) is 2.65. The fourth-order valence-corrected chi connectivity index (χ4v) is 1.90. The van der Waals surface area contributed by atoms with Gasteiger partial charge in [-0.05, 0) is 36.6 Å². The monoisotopic (exact) mass is 195 g/mol. The molecule has 2 rings (SSSR count). The Hall–Kier alpha value is -0.930. The van der Waals surface area contributed by atoms with Gasteiger partial charge in [0.15, 0.2) is 0 Å². The Labute approximate surface area is 82.8 Å². The second-order valence-electron chi connectivity index (χ2n) is 3.87. The summed E-state index contributed by atoms with van der Waals surface area (Å²) in [5, 5.41) is 13.0. The third-order valence-corrected chi connectivity index (χ3v) is 2.65. The van der Waals surface area contributed by atoms with Gasteiger partial charge in [0.05, 0.1) is 6.10 Å². The van der Waals surface area contributed by atoms with E-state index in [9.17, 15) is 9.50 Å². The molecule has 1 aliphatic rings. The van der Waals surface area contributed by atoms with E-state index < -0.39 is 6.10 Å². The number of rotatable bonds is 0. The maximum atomic E-state index is 13.0. The van der Waals surface area contributed by atoms with Gasteiger partial charge in [-0.1, -0.05) is 6.07 Å². The Morgan fingerprint density at radius 2 is 2.29 bits per heavy atom. The van der Waals surface area contributed by atoms with Gasteiger partial charge in [-0.25, -0.2) is 4.39 Å². The van der Waals surface area contributed by atoms with Crippen LogP contribution in [0.2, 0.25) is 0 Å². The van der Waals surface area contributed by atoms with Crippen molar-refractivity contribution in [1.82, 2.24) is 5.32 Å². The number of β-amino-alcohol motifs (C(OH)–C–C–N with tert-alkyl or cyclic N) is 1. The number of benzene rings is 1. The molecule has 1 heterocycles. The number of aliphatic hydroxyl groups is 1. The lowest BCUT2D eigenvalue weighted by molar-refractivity contribution is 0.175. The van der Waals surface area contributed by atoms with Gasteiger partial charge in [-0.15, -0.1) is 0 Å². The number of aliphatic hydroxyl groups excluding tert-OH is 1. The summed E-state index contributed by atoms with van der Waals surface area (Å²) in [4.78, 5) is 0. The largest absolute Gasteiger partial charge is 0.387 e. The van der Waals surface area contributed by atoms with E-state index in [1.54, 1.807) is 6.07 Å². The summed E-state index contributed by atoms with van der Waals surface area (Å²) in [6, 6.07) is 4.88. The minimum absolute atomic E-state index is 0.231.